The summed E-state index contributed by atoms with van der Waals surface area (Å²) in [6.45, 7) is 10.8. The van der Waals surface area contributed by atoms with Gasteiger partial charge in [0, 0.05) is 6.42 Å². The Hall–Kier alpha value is -0.570. The first-order valence-electron chi connectivity index (χ1n) is 4.78. The van der Waals surface area contributed by atoms with Gasteiger partial charge in [-0.2, -0.15) is 0 Å². The highest BCUT2D eigenvalue weighted by atomic mass is 16.6. The summed E-state index contributed by atoms with van der Waals surface area (Å²) >= 11 is 0. The van der Waals surface area contributed by atoms with Crippen LogP contribution in [0.15, 0.2) is 0 Å². The van der Waals surface area contributed by atoms with Crippen molar-refractivity contribution in [3.8, 4) is 0 Å². The van der Waals surface area contributed by atoms with E-state index in [9.17, 15) is 4.79 Å². The third-order valence-corrected chi connectivity index (χ3v) is 2.30. The Labute approximate surface area is 80.8 Å². The average molecular weight is 187 g/mol. The van der Waals surface area contributed by atoms with Crippen molar-refractivity contribution in [3.63, 3.8) is 0 Å². The van der Waals surface area contributed by atoms with Crippen molar-refractivity contribution < 1.29 is 9.63 Å². The molecule has 0 aliphatic rings. The summed E-state index contributed by atoms with van der Waals surface area (Å²) in [5.74, 6) is 0.317. The van der Waals surface area contributed by atoms with Crippen LogP contribution in [0.4, 0.5) is 0 Å². The molecule has 0 radical (unpaired) electrons. The minimum atomic E-state index is -0.0377. The number of carbonyl (C=O) groups is 1. The van der Waals surface area contributed by atoms with Gasteiger partial charge in [-0.05, 0) is 18.3 Å². The highest BCUT2D eigenvalue weighted by Gasteiger charge is 2.22. The van der Waals surface area contributed by atoms with Crippen LogP contribution in [0.25, 0.3) is 0 Å². The van der Waals surface area contributed by atoms with Gasteiger partial charge < -0.3 is 0 Å². The van der Waals surface area contributed by atoms with Crippen LogP contribution >= 0.6 is 0 Å². The zero-order valence-electron chi connectivity index (χ0n) is 9.31. The molecule has 1 unspecified atom stereocenters. The van der Waals surface area contributed by atoms with Crippen LogP contribution in [0.5, 0.6) is 0 Å². The first-order valence-corrected chi connectivity index (χ1v) is 4.78. The summed E-state index contributed by atoms with van der Waals surface area (Å²) < 4.78 is 0. The first-order chi connectivity index (χ1) is 5.88. The van der Waals surface area contributed by atoms with Gasteiger partial charge in [-0.3, -0.25) is 9.63 Å². The number of hydrogen-bond donors (Lipinski definition) is 1. The predicted molar refractivity (Wildman–Crippen MR) is 53.0 cm³/mol. The molecular weight excluding hydrogens is 166 g/mol. The highest BCUT2D eigenvalue weighted by molar-refractivity contribution is 5.75. The molecule has 0 saturated heterocycles. The van der Waals surface area contributed by atoms with Crippen LogP contribution in [-0.2, 0) is 9.63 Å². The van der Waals surface area contributed by atoms with E-state index in [0.717, 1.165) is 0 Å². The third-order valence-electron chi connectivity index (χ3n) is 2.30. The zero-order valence-corrected chi connectivity index (χ0v) is 9.31. The maximum atomic E-state index is 11.2. The normalized spacial score (nSPS) is 13.9. The maximum absolute atomic E-state index is 11.2. The first kappa shape index (κ1) is 12.4. The fourth-order valence-electron chi connectivity index (χ4n) is 0.779. The van der Waals surface area contributed by atoms with Gasteiger partial charge in [0.05, 0.1) is 6.61 Å². The Morgan fingerprint density at radius 1 is 1.46 bits per heavy atom. The summed E-state index contributed by atoms with van der Waals surface area (Å²) in [7, 11) is 0. The summed E-state index contributed by atoms with van der Waals surface area (Å²) in [6, 6.07) is 0. The molecule has 1 atom stereocenters. The van der Waals surface area contributed by atoms with E-state index in [1.807, 2.05) is 6.92 Å². The standard InChI is InChI=1S/C10H21NO2/c1-6-13-11-9(12)7-8(2)10(3,4)5/h8H,6-7H2,1-5H3,(H,11,12). The van der Waals surface area contributed by atoms with Gasteiger partial charge in [-0.25, -0.2) is 5.48 Å². The molecule has 78 valence electrons. The van der Waals surface area contributed by atoms with Crippen molar-refractivity contribution in [1.29, 1.82) is 0 Å². The minimum Gasteiger partial charge on any atom is -0.274 e. The average Bonchev–Trinajstić information content (AvgIpc) is 1.99. The fraction of sp³-hybridized carbons (Fsp3) is 0.900. The van der Waals surface area contributed by atoms with E-state index in [4.69, 9.17) is 4.84 Å². The number of hydrogen-bond acceptors (Lipinski definition) is 2. The van der Waals surface area contributed by atoms with Crippen molar-refractivity contribution in [3.05, 3.63) is 0 Å². The molecule has 1 N–H and O–H groups in total. The number of amides is 1. The molecule has 0 spiro atoms. The van der Waals surface area contributed by atoms with Crippen LogP contribution in [0.3, 0.4) is 0 Å². The second-order valence-electron chi connectivity index (χ2n) is 4.43. The molecular formula is C10H21NO2. The Morgan fingerprint density at radius 2 is 2.00 bits per heavy atom. The molecule has 1 amide bonds. The summed E-state index contributed by atoms with van der Waals surface area (Å²) in [6.07, 6.45) is 0.517. The molecule has 0 aromatic heterocycles. The Morgan fingerprint density at radius 3 is 2.38 bits per heavy atom. The van der Waals surface area contributed by atoms with Crippen molar-refractivity contribution >= 4 is 5.91 Å². The van der Waals surface area contributed by atoms with E-state index in [-0.39, 0.29) is 11.3 Å². The van der Waals surface area contributed by atoms with Crippen molar-refractivity contribution in [2.45, 2.75) is 41.0 Å². The van der Waals surface area contributed by atoms with E-state index < -0.39 is 0 Å². The molecule has 0 aliphatic carbocycles. The minimum absolute atomic E-state index is 0.0377. The fourth-order valence-corrected chi connectivity index (χ4v) is 0.779. The highest BCUT2D eigenvalue weighted by Crippen LogP contribution is 2.27. The van der Waals surface area contributed by atoms with Crippen LogP contribution in [0, 0.1) is 11.3 Å². The lowest BCUT2D eigenvalue weighted by Gasteiger charge is -2.26. The lowest BCUT2D eigenvalue weighted by atomic mass is 9.80. The number of rotatable bonds is 4. The smallest absolute Gasteiger partial charge is 0.243 e. The second kappa shape index (κ2) is 5.22. The van der Waals surface area contributed by atoms with Gasteiger partial charge in [-0.15, -0.1) is 0 Å². The van der Waals surface area contributed by atoms with Gasteiger partial charge in [-0.1, -0.05) is 27.7 Å². The van der Waals surface area contributed by atoms with Crippen molar-refractivity contribution in [2.24, 2.45) is 11.3 Å². The lowest BCUT2D eigenvalue weighted by Crippen LogP contribution is -2.29. The molecule has 0 heterocycles. The summed E-state index contributed by atoms with van der Waals surface area (Å²) in [5.41, 5.74) is 2.57. The van der Waals surface area contributed by atoms with Gasteiger partial charge in [0.15, 0.2) is 0 Å². The van der Waals surface area contributed by atoms with Gasteiger partial charge in [0.1, 0.15) is 0 Å². The third kappa shape index (κ3) is 5.64. The number of carbonyl (C=O) groups excluding carboxylic acids is 1. The summed E-state index contributed by atoms with van der Waals surface area (Å²) in [5, 5.41) is 0. The monoisotopic (exact) mass is 187 g/mol. The SMILES string of the molecule is CCONC(=O)CC(C)C(C)(C)C. The Bertz CT molecular complexity index is 161. The summed E-state index contributed by atoms with van der Waals surface area (Å²) in [4.78, 5) is 16.0. The van der Waals surface area contributed by atoms with E-state index in [0.29, 0.717) is 18.9 Å². The van der Waals surface area contributed by atoms with E-state index in [2.05, 4.69) is 33.2 Å². The maximum Gasteiger partial charge on any atom is 0.243 e. The predicted octanol–water partition coefficient (Wildman–Crippen LogP) is 2.13. The molecule has 0 bridgehead atoms. The Kier molecular flexibility index (Phi) is 4.99. The van der Waals surface area contributed by atoms with Crippen molar-refractivity contribution in [1.82, 2.24) is 5.48 Å². The number of nitrogens with one attached hydrogen (secondary N) is 1. The molecule has 13 heavy (non-hydrogen) atoms. The molecule has 0 fully saturated rings. The zero-order chi connectivity index (χ0) is 10.5. The molecule has 3 heteroatoms. The Balaban J connectivity index is 3.79. The van der Waals surface area contributed by atoms with Crippen LogP contribution in [-0.4, -0.2) is 12.5 Å². The van der Waals surface area contributed by atoms with Crippen LogP contribution in [0.2, 0.25) is 0 Å². The lowest BCUT2D eigenvalue weighted by molar-refractivity contribution is -0.134. The molecule has 0 saturated carbocycles. The van der Waals surface area contributed by atoms with Crippen LogP contribution < -0.4 is 5.48 Å². The molecule has 0 rings (SSSR count). The molecule has 0 aromatic rings. The number of hydroxylamine groups is 1. The van der Waals surface area contributed by atoms with Crippen molar-refractivity contribution in [2.75, 3.05) is 6.61 Å². The van der Waals surface area contributed by atoms with E-state index in [1.54, 1.807) is 0 Å². The van der Waals surface area contributed by atoms with E-state index in [1.165, 1.54) is 0 Å². The second-order valence-corrected chi connectivity index (χ2v) is 4.43. The largest absolute Gasteiger partial charge is 0.274 e. The topological polar surface area (TPSA) is 38.3 Å². The van der Waals surface area contributed by atoms with Gasteiger partial charge in [0.25, 0.3) is 0 Å². The molecule has 0 aromatic carbocycles. The van der Waals surface area contributed by atoms with Gasteiger partial charge in [0.2, 0.25) is 5.91 Å². The van der Waals surface area contributed by atoms with E-state index >= 15 is 0 Å². The quantitative estimate of drug-likeness (QED) is 0.685. The molecule has 3 nitrogen and oxygen atoms in total. The van der Waals surface area contributed by atoms with Crippen LogP contribution in [0.1, 0.15) is 41.0 Å². The van der Waals surface area contributed by atoms with Gasteiger partial charge >= 0.3 is 0 Å². The molecule has 0 aliphatic heterocycles.